The number of hydrogen-bond donors (Lipinski definition) is 2. The molecule has 2 aromatic rings. The van der Waals surface area contributed by atoms with Gasteiger partial charge in [-0.2, -0.15) is 0 Å². The highest BCUT2D eigenvalue weighted by molar-refractivity contribution is 7.17. The van der Waals surface area contributed by atoms with Crippen LogP contribution in [0.5, 0.6) is 5.75 Å². The van der Waals surface area contributed by atoms with Crippen LogP contribution in [0.15, 0.2) is 24.3 Å². The third-order valence-electron chi connectivity index (χ3n) is 4.66. The van der Waals surface area contributed by atoms with Crippen LogP contribution < -0.4 is 5.32 Å². The molecule has 1 amide bonds. The lowest BCUT2D eigenvalue weighted by atomic mass is 9.95. The van der Waals surface area contributed by atoms with Crippen LogP contribution in [0.4, 0.5) is 5.00 Å². The van der Waals surface area contributed by atoms with Crippen molar-refractivity contribution in [2.45, 2.75) is 45.6 Å². The SMILES string of the molecule is CCOC(=O)c1c(NC(=O)[C@H](C)OC(=O)c2ccccc2O)sc2c1CCCC2. The number of nitrogens with one attached hydrogen (secondary N) is 1. The van der Waals surface area contributed by atoms with Gasteiger partial charge in [-0.25, -0.2) is 9.59 Å². The third kappa shape index (κ3) is 4.59. The molecule has 1 aromatic heterocycles. The Hall–Kier alpha value is -2.87. The van der Waals surface area contributed by atoms with Gasteiger partial charge in [-0.15, -0.1) is 11.3 Å². The topological polar surface area (TPSA) is 102 Å². The van der Waals surface area contributed by atoms with E-state index in [0.29, 0.717) is 10.6 Å². The van der Waals surface area contributed by atoms with Gasteiger partial charge in [-0.05, 0) is 57.2 Å². The summed E-state index contributed by atoms with van der Waals surface area (Å²) in [6, 6.07) is 5.94. The minimum Gasteiger partial charge on any atom is -0.507 e. The molecule has 8 heteroatoms. The number of para-hydroxylation sites is 1. The minimum atomic E-state index is -1.11. The van der Waals surface area contributed by atoms with Gasteiger partial charge in [0.1, 0.15) is 16.3 Å². The van der Waals surface area contributed by atoms with E-state index in [4.69, 9.17) is 9.47 Å². The lowest BCUT2D eigenvalue weighted by Gasteiger charge is -2.14. The predicted molar refractivity (Wildman–Crippen MR) is 109 cm³/mol. The highest BCUT2D eigenvalue weighted by Crippen LogP contribution is 2.38. The van der Waals surface area contributed by atoms with Crippen molar-refractivity contribution in [2.24, 2.45) is 0 Å². The van der Waals surface area contributed by atoms with Crippen LogP contribution in [-0.4, -0.2) is 35.7 Å². The fraction of sp³-hybridized carbons (Fsp3) is 0.381. The first-order chi connectivity index (χ1) is 13.9. The molecule has 0 bridgehead atoms. The number of phenols is 1. The summed E-state index contributed by atoms with van der Waals surface area (Å²) >= 11 is 1.37. The van der Waals surface area contributed by atoms with Crippen LogP contribution in [0.2, 0.25) is 0 Å². The van der Waals surface area contributed by atoms with Crippen molar-refractivity contribution < 1.29 is 29.0 Å². The summed E-state index contributed by atoms with van der Waals surface area (Å²) in [4.78, 5) is 38.4. The van der Waals surface area contributed by atoms with Crippen LogP contribution in [0, 0.1) is 0 Å². The second-order valence-electron chi connectivity index (χ2n) is 6.69. The Bertz CT molecular complexity index is 935. The van der Waals surface area contributed by atoms with Gasteiger partial charge in [0.25, 0.3) is 5.91 Å². The van der Waals surface area contributed by atoms with Gasteiger partial charge < -0.3 is 19.9 Å². The normalized spacial score (nSPS) is 13.9. The fourth-order valence-electron chi connectivity index (χ4n) is 3.21. The Morgan fingerprint density at radius 1 is 1.17 bits per heavy atom. The average molecular weight is 417 g/mol. The predicted octanol–water partition coefficient (Wildman–Crippen LogP) is 3.69. The number of amides is 1. The monoisotopic (exact) mass is 417 g/mol. The number of phenolic OH excluding ortho intramolecular Hbond substituents is 1. The van der Waals surface area contributed by atoms with Crippen molar-refractivity contribution in [3.63, 3.8) is 0 Å². The van der Waals surface area contributed by atoms with Crippen molar-refractivity contribution in [1.29, 1.82) is 0 Å². The average Bonchev–Trinajstić information content (AvgIpc) is 3.06. The van der Waals surface area contributed by atoms with Crippen LogP contribution in [-0.2, 0) is 27.1 Å². The number of aryl methyl sites for hydroxylation is 1. The molecule has 1 aliphatic rings. The van der Waals surface area contributed by atoms with Gasteiger partial charge in [-0.3, -0.25) is 4.79 Å². The van der Waals surface area contributed by atoms with Crippen molar-refractivity contribution >= 4 is 34.2 Å². The number of hydrogen-bond acceptors (Lipinski definition) is 7. The fourth-order valence-corrected chi connectivity index (χ4v) is 4.49. The maximum atomic E-state index is 12.6. The van der Waals surface area contributed by atoms with E-state index in [1.54, 1.807) is 19.1 Å². The molecule has 2 N–H and O–H groups in total. The number of fused-ring (bicyclic) bond motifs is 1. The molecule has 154 valence electrons. The summed E-state index contributed by atoms with van der Waals surface area (Å²) in [6.45, 7) is 3.41. The molecule has 0 aliphatic heterocycles. The number of thiophene rings is 1. The highest BCUT2D eigenvalue weighted by Gasteiger charge is 2.29. The molecule has 1 aromatic carbocycles. The van der Waals surface area contributed by atoms with Crippen molar-refractivity contribution in [3.8, 4) is 5.75 Å². The molecule has 29 heavy (non-hydrogen) atoms. The van der Waals surface area contributed by atoms with E-state index < -0.39 is 23.9 Å². The summed E-state index contributed by atoms with van der Waals surface area (Å²) in [5.41, 5.74) is 1.32. The number of carbonyl (C=O) groups excluding carboxylic acids is 3. The molecule has 0 radical (unpaired) electrons. The Morgan fingerprint density at radius 2 is 1.90 bits per heavy atom. The van der Waals surface area contributed by atoms with Crippen molar-refractivity contribution in [2.75, 3.05) is 11.9 Å². The smallest absolute Gasteiger partial charge is 0.342 e. The molecule has 3 rings (SSSR count). The lowest BCUT2D eigenvalue weighted by Crippen LogP contribution is -2.30. The lowest BCUT2D eigenvalue weighted by molar-refractivity contribution is -0.123. The van der Waals surface area contributed by atoms with E-state index in [2.05, 4.69) is 5.32 Å². The molecule has 1 aliphatic carbocycles. The number of aromatic hydroxyl groups is 1. The van der Waals surface area contributed by atoms with Crippen LogP contribution in [0.25, 0.3) is 0 Å². The zero-order chi connectivity index (χ0) is 21.0. The van der Waals surface area contributed by atoms with E-state index >= 15 is 0 Å². The molecule has 7 nitrogen and oxygen atoms in total. The third-order valence-corrected chi connectivity index (χ3v) is 5.87. The zero-order valence-corrected chi connectivity index (χ0v) is 17.1. The molecular formula is C21H23NO6S. The Morgan fingerprint density at radius 3 is 2.62 bits per heavy atom. The van der Waals surface area contributed by atoms with Crippen LogP contribution >= 0.6 is 11.3 Å². The van der Waals surface area contributed by atoms with Crippen molar-refractivity contribution in [1.82, 2.24) is 0 Å². The summed E-state index contributed by atoms with van der Waals surface area (Å²) in [5.74, 6) is -2.04. The standard InChI is InChI=1S/C21H23NO6S/c1-3-27-21(26)17-14-9-5-7-11-16(14)29-19(17)22-18(24)12(2)28-20(25)13-8-4-6-10-15(13)23/h4,6,8,10,12,23H,3,5,7,9,11H2,1-2H3,(H,22,24)/t12-/m0/s1. The Balaban J connectivity index is 1.76. The number of benzene rings is 1. The number of anilines is 1. The quantitative estimate of drug-likeness (QED) is 0.695. The highest BCUT2D eigenvalue weighted by atomic mass is 32.1. The maximum Gasteiger partial charge on any atom is 0.342 e. The van der Waals surface area contributed by atoms with Gasteiger partial charge >= 0.3 is 11.9 Å². The van der Waals surface area contributed by atoms with E-state index in [1.165, 1.54) is 30.4 Å². The number of carbonyl (C=O) groups is 3. The molecule has 0 unspecified atom stereocenters. The molecule has 0 spiro atoms. The Labute approximate surface area is 172 Å². The maximum absolute atomic E-state index is 12.6. The second kappa shape index (κ2) is 9.09. The summed E-state index contributed by atoms with van der Waals surface area (Å²) in [7, 11) is 0. The van der Waals surface area contributed by atoms with Gasteiger partial charge in [0, 0.05) is 4.88 Å². The van der Waals surface area contributed by atoms with Gasteiger partial charge in [0.15, 0.2) is 6.10 Å². The van der Waals surface area contributed by atoms with Gasteiger partial charge in [0.05, 0.1) is 12.2 Å². The van der Waals surface area contributed by atoms with E-state index in [1.807, 2.05) is 0 Å². The molecule has 1 heterocycles. The summed E-state index contributed by atoms with van der Waals surface area (Å²) in [5, 5.41) is 12.9. The number of rotatable bonds is 6. The molecular weight excluding hydrogens is 394 g/mol. The van der Waals surface area contributed by atoms with Gasteiger partial charge in [0.2, 0.25) is 0 Å². The zero-order valence-electron chi connectivity index (χ0n) is 16.3. The second-order valence-corrected chi connectivity index (χ2v) is 7.79. The van der Waals surface area contributed by atoms with E-state index in [0.717, 1.165) is 36.1 Å². The summed E-state index contributed by atoms with van der Waals surface area (Å²) < 4.78 is 10.4. The van der Waals surface area contributed by atoms with Gasteiger partial charge in [-0.1, -0.05) is 12.1 Å². The van der Waals surface area contributed by atoms with Crippen LogP contribution in [0.1, 0.15) is 57.8 Å². The molecule has 0 saturated heterocycles. The molecule has 0 saturated carbocycles. The number of ether oxygens (including phenoxy) is 2. The largest absolute Gasteiger partial charge is 0.507 e. The minimum absolute atomic E-state index is 0.0223. The summed E-state index contributed by atoms with van der Waals surface area (Å²) in [6.07, 6.45) is 2.54. The Kier molecular flexibility index (Phi) is 6.53. The molecule has 0 fully saturated rings. The number of esters is 2. The van der Waals surface area contributed by atoms with Crippen molar-refractivity contribution in [3.05, 3.63) is 45.8 Å². The van der Waals surface area contributed by atoms with E-state index in [-0.39, 0.29) is 17.9 Å². The first-order valence-corrected chi connectivity index (χ1v) is 10.4. The molecule has 1 atom stereocenters. The first kappa shape index (κ1) is 20.9. The first-order valence-electron chi connectivity index (χ1n) is 9.53. The van der Waals surface area contributed by atoms with Crippen LogP contribution in [0.3, 0.4) is 0 Å². The van der Waals surface area contributed by atoms with E-state index in [9.17, 15) is 19.5 Å².